The van der Waals surface area contributed by atoms with Gasteiger partial charge in [-0.2, -0.15) is 0 Å². The van der Waals surface area contributed by atoms with Crippen molar-refractivity contribution in [2.24, 2.45) is 0 Å². The van der Waals surface area contributed by atoms with Gasteiger partial charge in [0.15, 0.2) is 23.0 Å². The molecule has 0 amide bonds. The average Bonchev–Trinajstić information content (AvgIpc) is 2.72. The standard InChI is InChI=1S/C22H27O8P/c1-26-18-11-10-16-15(14-12-19(27-2)22(29-4)20(13-14)28-3)8-6-5-7-9-17(16)21(18)30-31(23,24)25/h8,10-13H,5-7,9H2,1-4H3,(H2,23,24,25). The minimum absolute atomic E-state index is 0.0635. The molecule has 2 N–H and O–H groups in total. The first-order valence-corrected chi connectivity index (χ1v) is 11.3. The van der Waals surface area contributed by atoms with Gasteiger partial charge < -0.3 is 23.5 Å². The molecule has 0 saturated heterocycles. The molecule has 0 heterocycles. The molecular formula is C22H27O8P. The van der Waals surface area contributed by atoms with Gasteiger partial charge in [-0.3, -0.25) is 9.79 Å². The Morgan fingerprint density at radius 1 is 0.839 bits per heavy atom. The molecule has 0 radical (unpaired) electrons. The third kappa shape index (κ3) is 4.98. The second-order valence-electron chi connectivity index (χ2n) is 6.98. The fourth-order valence-corrected chi connectivity index (χ4v) is 4.24. The first-order chi connectivity index (χ1) is 14.8. The molecule has 0 bridgehead atoms. The number of ether oxygens (including phenoxy) is 4. The Labute approximate surface area is 181 Å². The zero-order valence-corrected chi connectivity index (χ0v) is 18.9. The van der Waals surface area contributed by atoms with Gasteiger partial charge in [-0.25, -0.2) is 4.57 Å². The summed E-state index contributed by atoms with van der Waals surface area (Å²) in [5.74, 6) is 1.85. The van der Waals surface area contributed by atoms with Crippen molar-refractivity contribution < 1.29 is 37.8 Å². The van der Waals surface area contributed by atoms with E-state index in [9.17, 15) is 14.4 Å². The summed E-state index contributed by atoms with van der Waals surface area (Å²) in [5, 5.41) is 0. The normalized spacial score (nSPS) is 13.9. The van der Waals surface area contributed by atoms with Crippen molar-refractivity contribution in [2.45, 2.75) is 25.7 Å². The number of phosphoric acid groups is 1. The van der Waals surface area contributed by atoms with Crippen LogP contribution in [0.5, 0.6) is 28.7 Å². The van der Waals surface area contributed by atoms with Gasteiger partial charge in [-0.05, 0) is 60.6 Å². The Morgan fingerprint density at radius 3 is 2.03 bits per heavy atom. The number of methoxy groups -OCH3 is 4. The molecule has 3 rings (SSSR count). The number of hydrogen-bond donors (Lipinski definition) is 2. The monoisotopic (exact) mass is 450 g/mol. The van der Waals surface area contributed by atoms with Crippen molar-refractivity contribution in [1.82, 2.24) is 0 Å². The van der Waals surface area contributed by atoms with E-state index in [4.69, 9.17) is 23.5 Å². The number of phosphoric ester groups is 1. The Hall–Kier alpha value is -2.67. The molecule has 8 nitrogen and oxygen atoms in total. The molecule has 0 unspecified atom stereocenters. The van der Waals surface area contributed by atoms with Gasteiger partial charge in [0.1, 0.15) is 0 Å². The van der Waals surface area contributed by atoms with Crippen LogP contribution in [0.3, 0.4) is 0 Å². The molecule has 0 saturated carbocycles. The van der Waals surface area contributed by atoms with Crippen LogP contribution >= 0.6 is 7.82 Å². The van der Waals surface area contributed by atoms with E-state index in [1.807, 2.05) is 18.2 Å². The van der Waals surface area contributed by atoms with E-state index in [-0.39, 0.29) is 11.5 Å². The summed E-state index contributed by atoms with van der Waals surface area (Å²) >= 11 is 0. The summed E-state index contributed by atoms with van der Waals surface area (Å²) in [4.78, 5) is 18.9. The fraction of sp³-hybridized carbons (Fsp3) is 0.364. The minimum atomic E-state index is -4.78. The minimum Gasteiger partial charge on any atom is -0.493 e. The van der Waals surface area contributed by atoms with Crippen LogP contribution in [0, 0.1) is 0 Å². The van der Waals surface area contributed by atoms with Gasteiger partial charge in [0.25, 0.3) is 0 Å². The first-order valence-electron chi connectivity index (χ1n) is 9.78. The molecule has 0 spiro atoms. The molecule has 1 aliphatic carbocycles. The SMILES string of the molecule is COc1cc(C2=CCCCCc3c2ccc(OC)c3OP(=O)(O)O)cc(OC)c1OC. The number of rotatable bonds is 7. The predicted octanol–water partition coefficient (Wildman–Crippen LogP) is 4.35. The number of hydrogen-bond acceptors (Lipinski definition) is 6. The maximum absolute atomic E-state index is 11.7. The van der Waals surface area contributed by atoms with E-state index >= 15 is 0 Å². The van der Waals surface area contributed by atoms with Crippen molar-refractivity contribution in [1.29, 1.82) is 0 Å². The second-order valence-corrected chi connectivity index (χ2v) is 8.15. The molecular weight excluding hydrogens is 423 g/mol. The van der Waals surface area contributed by atoms with E-state index in [1.54, 1.807) is 27.4 Å². The quantitative estimate of drug-likeness (QED) is 0.600. The lowest BCUT2D eigenvalue weighted by atomic mass is 9.87. The molecule has 2 aromatic rings. The third-order valence-corrected chi connectivity index (χ3v) is 5.57. The molecule has 0 aliphatic heterocycles. The summed E-state index contributed by atoms with van der Waals surface area (Å²) in [6.45, 7) is 0. The van der Waals surface area contributed by atoms with Gasteiger partial charge in [-0.15, -0.1) is 0 Å². The van der Waals surface area contributed by atoms with Crippen molar-refractivity contribution in [2.75, 3.05) is 28.4 Å². The van der Waals surface area contributed by atoms with Crippen LogP contribution in [0.15, 0.2) is 30.3 Å². The highest BCUT2D eigenvalue weighted by Gasteiger charge is 2.26. The molecule has 0 atom stereocenters. The number of fused-ring (bicyclic) bond motifs is 1. The van der Waals surface area contributed by atoms with Crippen molar-refractivity contribution in [3.63, 3.8) is 0 Å². The second kappa shape index (κ2) is 9.64. The lowest BCUT2D eigenvalue weighted by Gasteiger charge is -2.23. The zero-order chi connectivity index (χ0) is 22.6. The van der Waals surface area contributed by atoms with Gasteiger partial charge in [0.05, 0.1) is 28.4 Å². The van der Waals surface area contributed by atoms with Crippen LogP contribution in [0.1, 0.15) is 36.0 Å². The molecule has 0 aromatic heterocycles. The van der Waals surface area contributed by atoms with E-state index in [0.717, 1.165) is 36.0 Å². The summed E-state index contributed by atoms with van der Waals surface area (Å²) < 4.78 is 38.5. The summed E-state index contributed by atoms with van der Waals surface area (Å²) in [5.41, 5.74) is 3.19. The van der Waals surface area contributed by atoms with Crippen LogP contribution in [0.25, 0.3) is 5.57 Å². The van der Waals surface area contributed by atoms with Crippen molar-refractivity contribution in [3.05, 3.63) is 47.0 Å². The summed E-state index contributed by atoms with van der Waals surface area (Å²) in [7, 11) is 1.31. The average molecular weight is 450 g/mol. The van der Waals surface area contributed by atoms with Crippen molar-refractivity contribution in [3.8, 4) is 28.7 Å². The fourth-order valence-electron chi connectivity index (χ4n) is 3.80. The Bertz CT molecular complexity index is 999. The molecule has 31 heavy (non-hydrogen) atoms. The van der Waals surface area contributed by atoms with Crippen molar-refractivity contribution >= 4 is 13.4 Å². The Balaban J connectivity index is 2.25. The highest BCUT2D eigenvalue weighted by Crippen LogP contribution is 2.48. The first kappa shape index (κ1) is 23.0. The van der Waals surface area contributed by atoms with Gasteiger partial charge in [0.2, 0.25) is 5.75 Å². The smallest absolute Gasteiger partial charge is 0.493 e. The molecule has 0 fully saturated rings. The molecule has 1 aliphatic rings. The van der Waals surface area contributed by atoms with Gasteiger partial charge in [0, 0.05) is 5.56 Å². The van der Waals surface area contributed by atoms with Gasteiger partial charge in [-0.1, -0.05) is 12.1 Å². The van der Waals surface area contributed by atoms with Crippen LogP contribution in [-0.4, -0.2) is 38.2 Å². The summed E-state index contributed by atoms with van der Waals surface area (Å²) in [6, 6.07) is 7.23. The molecule has 168 valence electrons. The van der Waals surface area contributed by atoms with Crippen LogP contribution in [0.2, 0.25) is 0 Å². The third-order valence-electron chi connectivity index (χ3n) is 5.15. The Kier molecular flexibility index (Phi) is 7.15. The van der Waals surface area contributed by atoms with Crippen LogP contribution in [-0.2, 0) is 11.0 Å². The lowest BCUT2D eigenvalue weighted by Crippen LogP contribution is -2.05. The highest BCUT2D eigenvalue weighted by atomic mass is 31.2. The van der Waals surface area contributed by atoms with Crippen LogP contribution < -0.4 is 23.5 Å². The maximum Gasteiger partial charge on any atom is 0.524 e. The van der Waals surface area contributed by atoms with E-state index in [1.165, 1.54) is 7.11 Å². The van der Waals surface area contributed by atoms with Gasteiger partial charge >= 0.3 is 7.82 Å². The largest absolute Gasteiger partial charge is 0.524 e. The molecule has 9 heteroatoms. The maximum atomic E-state index is 11.7. The van der Waals surface area contributed by atoms with E-state index in [0.29, 0.717) is 29.2 Å². The molecule has 2 aromatic carbocycles. The highest BCUT2D eigenvalue weighted by molar-refractivity contribution is 7.46. The zero-order valence-electron chi connectivity index (χ0n) is 18.0. The lowest BCUT2D eigenvalue weighted by molar-refractivity contribution is 0.275. The Morgan fingerprint density at radius 2 is 1.48 bits per heavy atom. The summed E-state index contributed by atoms with van der Waals surface area (Å²) in [6.07, 6.45) is 5.30. The number of allylic oxidation sites excluding steroid dienone is 1. The topological polar surface area (TPSA) is 104 Å². The van der Waals surface area contributed by atoms with E-state index < -0.39 is 7.82 Å². The van der Waals surface area contributed by atoms with E-state index in [2.05, 4.69) is 6.08 Å². The number of benzene rings is 2. The predicted molar refractivity (Wildman–Crippen MR) is 116 cm³/mol. The van der Waals surface area contributed by atoms with Crippen LogP contribution in [0.4, 0.5) is 0 Å².